The molecule has 174 valence electrons. The summed E-state index contributed by atoms with van der Waals surface area (Å²) in [5.41, 5.74) is 1.28. The summed E-state index contributed by atoms with van der Waals surface area (Å²) >= 11 is 6.00. The molecule has 4 rings (SSSR count). The summed E-state index contributed by atoms with van der Waals surface area (Å²) in [5.74, 6) is -0.788. The SMILES string of the molecule is CCC1(c2ccc(Cl)cc2)NC(=O)N(CC(=O)N(C)C(c2ccccc2)c2ccccc2)C1=O. The van der Waals surface area contributed by atoms with Crippen LogP contribution in [0.2, 0.25) is 5.02 Å². The van der Waals surface area contributed by atoms with E-state index in [2.05, 4.69) is 5.32 Å². The van der Waals surface area contributed by atoms with Crippen LogP contribution < -0.4 is 5.32 Å². The number of carbonyl (C=O) groups is 3. The van der Waals surface area contributed by atoms with Crippen LogP contribution in [0.5, 0.6) is 0 Å². The lowest BCUT2D eigenvalue weighted by atomic mass is 9.87. The van der Waals surface area contributed by atoms with Crippen molar-refractivity contribution in [1.82, 2.24) is 15.1 Å². The summed E-state index contributed by atoms with van der Waals surface area (Å²) < 4.78 is 0. The number of nitrogens with one attached hydrogen (secondary N) is 1. The first kappa shape index (κ1) is 23.5. The van der Waals surface area contributed by atoms with Crippen LogP contribution in [0, 0.1) is 0 Å². The number of urea groups is 1. The fourth-order valence-electron chi connectivity index (χ4n) is 4.44. The Morgan fingerprint density at radius 3 is 1.97 bits per heavy atom. The van der Waals surface area contributed by atoms with Crippen molar-refractivity contribution in [3.8, 4) is 0 Å². The molecule has 7 heteroatoms. The first-order valence-corrected chi connectivity index (χ1v) is 11.5. The minimum atomic E-state index is -1.22. The van der Waals surface area contributed by atoms with Crippen LogP contribution in [0.1, 0.15) is 36.1 Å². The second-order valence-corrected chi connectivity index (χ2v) is 8.75. The van der Waals surface area contributed by atoms with Gasteiger partial charge in [0, 0.05) is 12.1 Å². The average Bonchev–Trinajstić information content (AvgIpc) is 3.11. The van der Waals surface area contributed by atoms with Gasteiger partial charge in [-0.25, -0.2) is 4.79 Å². The minimum Gasteiger partial charge on any atom is -0.333 e. The second kappa shape index (κ2) is 9.69. The van der Waals surface area contributed by atoms with Crippen molar-refractivity contribution in [3.05, 3.63) is 107 Å². The third-order valence-corrected chi connectivity index (χ3v) is 6.60. The quantitative estimate of drug-likeness (QED) is 0.501. The van der Waals surface area contributed by atoms with Crippen molar-refractivity contribution >= 4 is 29.4 Å². The molecule has 0 saturated carbocycles. The largest absolute Gasteiger partial charge is 0.333 e. The van der Waals surface area contributed by atoms with Gasteiger partial charge in [0.1, 0.15) is 12.1 Å². The van der Waals surface area contributed by atoms with Crippen LogP contribution in [-0.4, -0.2) is 41.2 Å². The molecule has 1 aliphatic heterocycles. The van der Waals surface area contributed by atoms with Gasteiger partial charge in [0.05, 0.1) is 6.04 Å². The van der Waals surface area contributed by atoms with Crippen LogP contribution in [0.15, 0.2) is 84.9 Å². The molecule has 1 heterocycles. The van der Waals surface area contributed by atoms with Gasteiger partial charge in [-0.1, -0.05) is 91.3 Å². The van der Waals surface area contributed by atoms with Gasteiger partial charge in [-0.15, -0.1) is 0 Å². The highest BCUT2D eigenvalue weighted by molar-refractivity contribution is 6.30. The van der Waals surface area contributed by atoms with Gasteiger partial charge < -0.3 is 10.2 Å². The van der Waals surface area contributed by atoms with Gasteiger partial charge in [0.2, 0.25) is 5.91 Å². The fraction of sp³-hybridized carbons (Fsp3) is 0.222. The summed E-state index contributed by atoms with van der Waals surface area (Å²) in [6.07, 6.45) is 0.344. The number of nitrogens with zero attached hydrogens (tertiary/aromatic N) is 2. The normalized spacial score (nSPS) is 17.7. The van der Waals surface area contributed by atoms with E-state index in [9.17, 15) is 14.4 Å². The van der Waals surface area contributed by atoms with E-state index in [0.717, 1.165) is 16.0 Å². The number of halogens is 1. The van der Waals surface area contributed by atoms with E-state index in [1.807, 2.05) is 67.6 Å². The molecule has 0 radical (unpaired) electrons. The molecule has 1 fully saturated rings. The molecule has 1 unspecified atom stereocenters. The van der Waals surface area contributed by atoms with Crippen LogP contribution in [0.4, 0.5) is 4.79 Å². The number of benzene rings is 3. The van der Waals surface area contributed by atoms with Crippen molar-refractivity contribution < 1.29 is 14.4 Å². The smallest absolute Gasteiger partial charge is 0.325 e. The highest BCUT2D eigenvalue weighted by atomic mass is 35.5. The van der Waals surface area contributed by atoms with Gasteiger partial charge in [0.15, 0.2) is 0 Å². The molecule has 0 bridgehead atoms. The molecule has 1 atom stereocenters. The van der Waals surface area contributed by atoms with E-state index in [-0.39, 0.29) is 18.5 Å². The molecule has 3 aromatic rings. The number of imide groups is 1. The Labute approximate surface area is 204 Å². The van der Waals surface area contributed by atoms with Crippen LogP contribution in [0.25, 0.3) is 0 Å². The maximum absolute atomic E-state index is 13.5. The molecule has 6 nitrogen and oxygen atoms in total. The van der Waals surface area contributed by atoms with Gasteiger partial charge in [-0.05, 0) is 35.2 Å². The number of carbonyl (C=O) groups excluding carboxylic acids is 3. The first-order valence-electron chi connectivity index (χ1n) is 11.1. The number of hydrogen-bond donors (Lipinski definition) is 1. The monoisotopic (exact) mass is 475 g/mol. The van der Waals surface area contributed by atoms with Crippen molar-refractivity contribution in [2.45, 2.75) is 24.9 Å². The lowest BCUT2D eigenvalue weighted by molar-refractivity contribution is -0.139. The molecular weight excluding hydrogens is 450 g/mol. The molecule has 1 aliphatic rings. The van der Waals surface area contributed by atoms with Crippen LogP contribution in [-0.2, 0) is 15.1 Å². The highest BCUT2D eigenvalue weighted by Gasteiger charge is 2.51. The molecule has 0 aliphatic carbocycles. The Kier molecular flexibility index (Phi) is 6.70. The summed E-state index contributed by atoms with van der Waals surface area (Å²) in [7, 11) is 1.69. The second-order valence-electron chi connectivity index (χ2n) is 8.32. The fourth-order valence-corrected chi connectivity index (χ4v) is 4.57. The van der Waals surface area contributed by atoms with E-state index >= 15 is 0 Å². The van der Waals surface area contributed by atoms with E-state index in [0.29, 0.717) is 17.0 Å². The Hall–Kier alpha value is -3.64. The third kappa shape index (κ3) is 4.29. The standard InChI is InChI=1S/C27H26ClN3O3/c1-3-27(21-14-16-22(28)17-15-21)25(33)31(26(34)29-27)18-23(32)30(2)24(19-10-6-4-7-11-19)20-12-8-5-9-13-20/h4-17,24H,3,18H2,1-2H3,(H,29,34). The molecule has 0 aromatic heterocycles. The molecule has 4 amide bonds. The van der Waals surface area contributed by atoms with Crippen molar-refractivity contribution in [2.24, 2.45) is 0 Å². The van der Waals surface area contributed by atoms with E-state index in [1.54, 1.807) is 36.2 Å². The zero-order chi connectivity index (χ0) is 24.3. The molecule has 1 N–H and O–H groups in total. The summed E-state index contributed by atoms with van der Waals surface area (Å²) in [5, 5.41) is 3.35. The first-order chi connectivity index (χ1) is 16.4. The number of hydrogen-bond acceptors (Lipinski definition) is 3. The number of amides is 4. The molecule has 0 spiro atoms. The zero-order valence-electron chi connectivity index (χ0n) is 19.1. The Balaban J connectivity index is 1.60. The summed E-state index contributed by atoms with van der Waals surface area (Å²) in [6, 6.07) is 25.2. The Morgan fingerprint density at radius 2 is 1.47 bits per heavy atom. The lowest BCUT2D eigenvalue weighted by Gasteiger charge is -2.30. The van der Waals surface area contributed by atoms with Gasteiger partial charge >= 0.3 is 6.03 Å². The predicted molar refractivity (Wildman–Crippen MR) is 131 cm³/mol. The molecular formula is C27H26ClN3O3. The lowest BCUT2D eigenvalue weighted by Crippen LogP contribution is -2.45. The van der Waals surface area contributed by atoms with Crippen LogP contribution in [0.3, 0.4) is 0 Å². The maximum Gasteiger partial charge on any atom is 0.325 e. The average molecular weight is 476 g/mol. The van der Waals surface area contributed by atoms with Crippen molar-refractivity contribution in [1.29, 1.82) is 0 Å². The topological polar surface area (TPSA) is 69.7 Å². The van der Waals surface area contributed by atoms with E-state index < -0.39 is 17.5 Å². The molecule has 1 saturated heterocycles. The Morgan fingerprint density at radius 1 is 0.941 bits per heavy atom. The Bertz CT molecular complexity index is 1150. The summed E-state index contributed by atoms with van der Waals surface area (Å²) in [6.45, 7) is 1.47. The number of rotatable bonds is 7. The van der Waals surface area contributed by atoms with Gasteiger partial charge in [0.25, 0.3) is 5.91 Å². The predicted octanol–water partition coefficient (Wildman–Crippen LogP) is 4.75. The zero-order valence-corrected chi connectivity index (χ0v) is 19.8. The molecule has 3 aromatic carbocycles. The van der Waals surface area contributed by atoms with Gasteiger partial charge in [-0.3, -0.25) is 14.5 Å². The van der Waals surface area contributed by atoms with Crippen molar-refractivity contribution in [3.63, 3.8) is 0 Å². The van der Waals surface area contributed by atoms with Crippen LogP contribution >= 0.6 is 11.6 Å². The highest BCUT2D eigenvalue weighted by Crippen LogP contribution is 2.34. The number of likely N-dealkylation sites (N-methyl/N-ethyl adjacent to an activating group) is 1. The van der Waals surface area contributed by atoms with E-state index in [1.165, 1.54) is 0 Å². The summed E-state index contributed by atoms with van der Waals surface area (Å²) in [4.78, 5) is 42.3. The van der Waals surface area contributed by atoms with Gasteiger partial charge in [-0.2, -0.15) is 0 Å². The molecule has 34 heavy (non-hydrogen) atoms. The van der Waals surface area contributed by atoms with E-state index in [4.69, 9.17) is 11.6 Å². The third-order valence-electron chi connectivity index (χ3n) is 6.35. The maximum atomic E-state index is 13.5. The minimum absolute atomic E-state index is 0.343. The van der Waals surface area contributed by atoms with Crippen molar-refractivity contribution in [2.75, 3.05) is 13.6 Å².